The topological polar surface area (TPSA) is 32.3 Å². The molecule has 0 aromatic heterocycles. The summed E-state index contributed by atoms with van der Waals surface area (Å²) < 4.78 is 40.5. The number of halogens is 3. The highest BCUT2D eigenvalue weighted by Gasteiger charge is 2.32. The smallest absolute Gasteiger partial charge is 0.313 e. The predicted octanol–water partition coefficient (Wildman–Crippen LogP) is 5.28. The molecule has 0 bridgehead atoms. The maximum atomic E-state index is 14.0. The molecule has 2 amide bonds. The second-order valence-corrected chi connectivity index (χ2v) is 6.65. The lowest BCUT2D eigenvalue weighted by atomic mass is 9.88. The van der Waals surface area contributed by atoms with Gasteiger partial charge in [-0.1, -0.05) is 36.4 Å². The third kappa shape index (κ3) is 3.45. The van der Waals surface area contributed by atoms with Gasteiger partial charge in [0, 0.05) is 12.6 Å². The van der Waals surface area contributed by atoms with Crippen molar-refractivity contribution in [3.05, 3.63) is 101 Å². The van der Waals surface area contributed by atoms with E-state index >= 15 is 0 Å². The molecule has 0 saturated carbocycles. The molecule has 0 spiro atoms. The van der Waals surface area contributed by atoms with Gasteiger partial charge in [-0.3, -0.25) is 0 Å². The predicted molar refractivity (Wildman–Crippen MR) is 100 cm³/mol. The van der Waals surface area contributed by atoms with Crippen LogP contribution < -0.4 is 5.32 Å². The molecule has 3 aromatic carbocycles. The highest BCUT2D eigenvalue weighted by atomic mass is 19.1. The van der Waals surface area contributed by atoms with Crippen molar-refractivity contribution in [2.24, 2.45) is 0 Å². The van der Waals surface area contributed by atoms with Crippen molar-refractivity contribution in [2.45, 2.75) is 12.5 Å². The first-order chi connectivity index (χ1) is 13.5. The standard InChI is InChI=1S/C22H17F3N2O/c23-16-7-5-15(6-8-16)21-18-4-2-1-3-14(18)11-12-27(21)22(28)26-20-10-9-17(24)13-19(20)25/h1-10,13,21H,11-12H2,(H,26,28)/t21-/m0/s1. The second kappa shape index (κ2) is 7.38. The van der Waals surface area contributed by atoms with E-state index in [4.69, 9.17) is 0 Å². The Hall–Kier alpha value is -3.28. The van der Waals surface area contributed by atoms with Crippen LogP contribution in [0.3, 0.4) is 0 Å². The van der Waals surface area contributed by atoms with Crippen molar-refractivity contribution in [3.63, 3.8) is 0 Å². The summed E-state index contributed by atoms with van der Waals surface area (Å²) in [5.74, 6) is -1.92. The molecule has 142 valence electrons. The summed E-state index contributed by atoms with van der Waals surface area (Å²) in [7, 11) is 0. The Morgan fingerprint density at radius 1 is 0.929 bits per heavy atom. The van der Waals surface area contributed by atoms with Crippen LogP contribution in [0.4, 0.5) is 23.7 Å². The van der Waals surface area contributed by atoms with Crippen molar-refractivity contribution in [1.82, 2.24) is 4.90 Å². The summed E-state index contributed by atoms with van der Waals surface area (Å²) in [6.07, 6.45) is 0.646. The van der Waals surface area contributed by atoms with Gasteiger partial charge in [-0.15, -0.1) is 0 Å². The largest absolute Gasteiger partial charge is 0.322 e. The van der Waals surface area contributed by atoms with E-state index in [0.717, 1.165) is 28.8 Å². The molecule has 0 aliphatic carbocycles. The lowest BCUT2D eigenvalue weighted by Gasteiger charge is -2.37. The van der Waals surface area contributed by atoms with Crippen molar-refractivity contribution < 1.29 is 18.0 Å². The number of hydrogen-bond acceptors (Lipinski definition) is 1. The minimum absolute atomic E-state index is 0.0943. The molecule has 28 heavy (non-hydrogen) atoms. The molecule has 4 rings (SSSR count). The van der Waals surface area contributed by atoms with Crippen molar-refractivity contribution in [2.75, 3.05) is 11.9 Å². The van der Waals surface area contributed by atoms with E-state index in [1.165, 1.54) is 18.2 Å². The van der Waals surface area contributed by atoms with E-state index in [-0.39, 0.29) is 11.5 Å². The van der Waals surface area contributed by atoms with Crippen LogP contribution in [0.2, 0.25) is 0 Å². The SMILES string of the molecule is O=C(Nc1ccc(F)cc1F)N1CCc2ccccc2[C@@H]1c1ccc(F)cc1. The molecule has 0 unspecified atom stereocenters. The van der Waals surface area contributed by atoms with Gasteiger partial charge in [0.25, 0.3) is 0 Å². The minimum atomic E-state index is -0.843. The maximum absolute atomic E-state index is 14.0. The number of carbonyl (C=O) groups is 1. The molecular formula is C22H17F3N2O. The zero-order valence-electron chi connectivity index (χ0n) is 14.8. The van der Waals surface area contributed by atoms with Gasteiger partial charge in [0.05, 0.1) is 11.7 Å². The van der Waals surface area contributed by atoms with Gasteiger partial charge in [-0.05, 0) is 47.4 Å². The molecule has 1 N–H and O–H groups in total. The number of fused-ring (bicyclic) bond motifs is 1. The average Bonchev–Trinajstić information content (AvgIpc) is 2.70. The van der Waals surface area contributed by atoms with Crippen LogP contribution in [-0.2, 0) is 6.42 Å². The quantitative estimate of drug-likeness (QED) is 0.642. The number of rotatable bonds is 2. The van der Waals surface area contributed by atoms with Crippen LogP contribution in [0.1, 0.15) is 22.7 Å². The number of anilines is 1. The Morgan fingerprint density at radius 2 is 1.64 bits per heavy atom. The number of nitrogens with zero attached hydrogens (tertiary/aromatic N) is 1. The third-order valence-corrected chi connectivity index (χ3v) is 4.90. The fourth-order valence-corrected chi connectivity index (χ4v) is 3.57. The van der Waals surface area contributed by atoms with Crippen molar-refractivity contribution in [1.29, 1.82) is 0 Å². The van der Waals surface area contributed by atoms with Crippen LogP contribution in [0, 0.1) is 17.5 Å². The Morgan fingerprint density at radius 3 is 2.39 bits per heavy atom. The zero-order chi connectivity index (χ0) is 19.7. The fraction of sp³-hybridized carbons (Fsp3) is 0.136. The van der Waals surface area contributed by atoms with E-state index in [1.807, 2.05) is 24.3 Å². The van der Waals surface area contributed by atoms with E-state index in [0.29, 0.717) is 13.0 Å². The number of amides is 2. The van der Waals surface area contributed by atoms with Crippen molar-refractivity contribution in [3.8, 4) is 0 Å². The number of nitrogens with one attached hydrogen (secondary N) is 1. The molecule has 0 radical (unpaired) electrons. The second-order valence-electron chi connectivity index (χ2n) is 6.65. The van der Waals surface area contributed by atoms with Crippen LogP contribution in [0.15, 0.2) is 66.7 Å². The first-order valence-electron chi connectivity index (χ1n) is 8.89. The third-order valence-electron chi connectivity index (χ3n) is 4.90. The molecule has 1 aliphatic rings. The normalized spacial score (nSPS) is 15.8. The van der Waals surface area contributed by atoms with E-state index in [1.54, 1.807) is 17.0 Å². The molecule has 1 aliphatic heterocycles. The van der Waals surface area contributed by atoms with Gasteiger partial charge < -0.3 is 10.2 Å². The lowest BCUT2D eigenvalue weighted by Crippen LogP contribution is -2.43. The van der Waals surface area contributed by atoms with E-state index in [2.05, 4.69) is 5.32 Å². The Bertz CT molecular complexity index is 1020. The first kappa shape index (κ1) is 18.1. The van der Waals surface area contributed by atoms with Crippen LogP contribution in [-0.4, -0.2) is 17.5 Å². The zero-order valence-corrected chi connectivity index (χ0v) is 14.8. The Balaban J connectivity index is 1.70. The summed E-state index contributed by atoms with van der Waals surface area (Å²) in [5.41, 5.74) is 2.70. The number of carbonyl (C=O) groups excluding carboxylic acids is 1. The number of urea groups is 1. The molecule has 1 heterocycles. The molecule has 3 nitrogen and oxygen atoms in total. The van der Waals surface area contributed by atoms with Crippen LogP contribution in [0.5, 0.6) is 0 Å². The molecule has 3 aromatic rings. The van der Waals surface area contributed by atoms with Crippen LogP contribution in [0.25, 0.3) is 0 Å². The van der Waals surface area contributed by atoms with Gasteiger partial charge in [0.1, 0.15) is 17.5 Å². The Kier molecular flexibility index (Phi) is 4.77. The summed E-state index contributed by atoms with van der Waals surface area (Å²) in [4.78, 5) is 14.5. The maximum Gasteiger partial charge on any atom is 0.322 e. The molecule has 0 saturated heterocycles. The molecular weight excluding hydrogens is 365 g/mol. The highest BCUT2D eigenvalue weighted by molar-refractivity contribution is 5.90. The highest BCUT2D eigenvalue weighted by Crippen LogP contribution is 2.35. The summed E-state index contributed by atoms with van der Waals surface area (Å²) in [6, 6.07) is 15.8. The monoisotopic (exact) mass is 382 g/mol. The van der Waals surface area contributed by atoms with Gasteiger partial charge in [0.15, 0.2) is 0 Å². The van der Waals surface area contributed by atoms with Gasteiger partial charge in [-0.25, -0.2) is 18.0 Å². The van der Waals surface area contributed by atoms with Gasteiger partial charge in [-0.2, -0.15) is 0 Å². The average molecular weight is 382 g/mol. The van der Waals surface area contributed by atoms with E-state index in [9.17, 15) is 18.0 Å². The summed E-state index contributed by atoms with van der Waals surface area (Å²) >= 11 is 0. The molecule has 1 atom stereocenters. The first-order valence-corrected chi connectivity index (χ1v) is 8.89. The lowest BCUT2D eigenvalue weighted by molar-refractivity contribution is 0.194. The van der Waals surface area contributed by atoms with E-state index < -0.39 is 23.7 Å². The molecule has 0 fully saturated rings. The van der Waals surface area contributed by atoms with Crippen molar-refractivity contribution >= 4 is 11.7 Å². The summed E-state index contributed by atoms with van der Waals surface area (Å²) in [5, 5.41) is 2.52. The summed E-state index contributed by atoms with van der Waals surface area (Å²) in [6.45, 7) is 0.410. The Labute approximate surface area is 160 Å². The fourth-order valence-electron chi connectivity index (χ4n) is 3.57. The van der Waals surface area contributed by atoms with Gasteiger partial charge >= 0.3 is 6.03 Å². The number of benzene rings is 3. The minimum Gasteiger partial charge on any atom is -0.313 e. The molecule has 6 heteroatoms. The van der Waals surface area contributed by atoms with Crippen LogP contribution >= 0.6 is 0 Å². The number of hydrogen-bond donors (Lipinski definition) is 1. The van der Waals surface area contributed by atoms with Gasteiger partial charge in [0.2, 0.25) is 0 Å².